The second-order valence-electron chi connectivity index (χ2n) is 18.1. The molecular weight excluding hydrogens is 751 g/mol. The van der Waals surface area contributed by atoms with E-state index in [9.17, 15) is 0 Å². The second kappa shape index (κ2) is 14.0. The van der Waals surface area contributed by atoms with Crippen molar-refractivity contribution < 1.29 is 0 Å². The van der Waals surface area contributed by atoms with Crippen LogP contribution in [-0.2, 0) is 5.54 Å². The SMILES string of the molecule is CN1CCC(c2ccc(-c3ccnc(NC4CC(C)(C)NC(C)(C)C4)n3)s2)(N(c2nccc(-c3ccc(Br)s3)n2)C2CC(C)(C)NC(C)(C)C2)CC1. The molecule has 3 aliphatic heterocycles. The van der Waals surface area contributed by atoms with Crippen molar-refractivity contribution in [2.24, 2.45) is 0 Å². The van der Waals surface area contributed by atoms with E-state index < -0.39 is 0 Å². The molecule has 7 heterocycles. The van der Waals surface area contributed by atoms with Crippen LogP contribution in [0.15, 0.2) is 52.6 Å². The largest absolute Gasteiger partial charge is 0.351 e. The number of anilines is 2. The summed E-state index contributed by atoms with van der Waals surface area (Å²) in [6.45, 7) is 20.5. The Labute approximate surface area is 327 Å². The number of hydrogen-bond donors (Lipinski definition) is 3. The Balaban J connectivity index is 1.28. The first-order valence-corrected chi connectivity index (χ1v) is 21.2. The third-order valence-electron chi connectivity index (χ3n) is 11.0. The minimum absolute atomic E-state index is 0.0383. The maximum absolute atomic E-state index is 5.39. The number of likely N-dealkylation sites (tertiary alicyclic amines) is 1. The van der Waals surface area contributed by atoms with Gasteiger partial charge in [-0.15, -0.1) is 22.7 Å². The summed E-state index contributed by atoms with van der Waals surface area (Å²) in [4.78, 5) is 29.1. The van der Waals surface area contributed by atoms with Crippen molar-refractivity contribution in [3.63, 3.8) is 0 Å². The zero-order valence-electron chi connectivity index (χ0n) is 32.3. The Hall–Kier alpha value is -2.48. The zero-order valence-corrected chi connectivity index (χ0v) is 35.5. The van der Waals surface area contributed by atoms with Crippen LogP contribution in [0.3, 0.4) is 0 Å². The Bertz CT molecular complexity index is 1840. The molecule has 3 saturated heterocycles. The summed E-state index contributed by atoms with van der Waals surface area (Å²) in [7, 11) is 2.25. The first-order valence-electron chi connectivity index (χ1n) is 18.8. The molecule has 52 heavy (non-hydrogen) atoms. The van der Waals surface area contributed by atoms with Gasteiger partial charge in [-0.3, -0.25) is 0 Å². The van der Waals surface area contributed by atoms with E-state index in [0.29, 0.717) is 12.0 Å². The maximum Gasteiger partial charge on any atom is 0.226 e. The number of thiophene rings is 2. The van der Waals surface area contributed by atoms with Crippen LogP contribution in [0.2, 0.25) is 0 Å². The fraction of sp³-hybridized carbons (Fsp3) is 0.600. The molecule has 12 heteroatoms. The van der Waals surface area contributed by atoms with Crippen LogP contribution in [-0.4, -0.2) is 79.2 Å². The van der Waals surface area contributed by atoms with Crippen LogP contribution in [0.5, 0.6) is 0 Å². The van der Waals surface area contributed by atoms with Gasteiger partial charge in [0.15, 0.2) is 0 Å². The molecule has 0 saturated carbocycles. The normalized spacial score (nSPS) is 23.0. The molecule has 280 valence electrons. The van der Waals surface area contributed by atoms with E-state index in [0.717, 1.165) is 82.5 Å². The highest BCUT2D eigenvalue weighted by Gasteiger charge is 2.50. The highest BCUT2D eigenvalue weighted by Crippen LogP contribution is 2.49. The van der Waals surface area contributed by atoms with Gasteiger partial charge in [0.05, 0.1) is 30.5 Å². The molecule has 3 N–H and O–H groups in total. The second-order valence-corrected chi connectivity index (χ2v) is 21.6. The molecule has 7 rings (SSSR count). The number of nitrogens with zero attached hydrogens (tertiary/aromatic N) is 6. The van der Waals surface area contributed by atoms with Gasteiger partial charge in [0.1, 0.15) is 0 Å². The fourth-order valence-corrected chi connectivity index (χ4v) is 12.3. The molecule has 0 spiro atoms. The number of hydrogen-bond acceptors (Lipinski definition) is 11. The van der Waals surface area contributed by atoms with E-state index in [1.807, 2.05) is 29.8 Å². The number of piperidine rings is 3. The molecule has 0 amide bonds. The quantitative estimate of drug-likeness (QED) is 0.161. The summed E-state index contributed by atoms with van der Waals surface area (Å²) in [6, 6.07) is 13.5. The third kappa shape index (κ3) is 8.27. The van der Waals surface area contributed by atoms with Crippen molar-refractivity contribution in [2.45, 2.75) is 134 Å². The highest BCUT2D eigenvalue weighted by molar-refractivity contribution is 9.11. The lowest BCUT2D eigenvalue weighted by molar-refractivity contribution is 0.119. The van der Waals surface area contributed by atoms with E-state index >= 15 is 0 Å². The van der Waals surface area contributed by atoms with Crippen molar-refractivity contribution in [1.82, 2.24) is 35.5 Å². The molecule has 0 aromatic carbocycles. The van der Waals surface area contributed by atoms with Crippen LogP contribution in [0.1, 0.15) is 98.8 Å². The average molecular weight is 807 g/mol. The summed E-state index contributed by atoms with van der Waals surface area (Å²) in [6.07, 6.45) is 9.85. The van der Waals surface area contributed by atoms with Gasteiger partial charge in [0.25, 0.3) is 0 Å². The lowest BCUT2D eigenvalue weighted by Gasteiger charge is -2.56. The molecule has 0 bridgehead atoms. The van der Waals surface area contributed by atoms with Gasteiger partial charge in [-0.1, -0.05) is 0 Å². The van der Waals surface area contributed by atoms with Crippen molar-refractivity contribution in [1.29, 1.82) is 0 Å². The van der Waals surface area contributed by atoms with Gasteiger partial charge in [0.2, 0.25) is 11.9 Å². The van der Waals surface area contributed by atoms with Crippen LogP contribution in [0.25, 0.3) is 21.1 Å². The lowest BCUT2D eigenvalue weighted by atomic mass is 9.75. The van der Waals surface area contributed by atoms with E-state index in [2.05, 4.69) is 139 Å². The molecular formula is C40H56BrN9S2. The Morgan fingerprint density at radius 2 is 1.29 bits per heavy atom. The summed E-state index contributed by atoms with van der Waals surface area (Å²) in [5, 5.41) is 11.4. The van der Waals surface area contributed by atoms with Crippen molar-refractivity contribution in [3.05, 3.63) is 57.5 Å². The third-order valence-corrected chi connectivity index (χ3v) is 13.9. The fourth-order valence-electron chi connectivity index (χ4n) is 9.70. The predicted molar refractivity (Wildman–Crippen MR) is 222 cm³/mol. The molecule has 0 unspecified atom stereocenters. The van der Waals surface area contributed by atoms with Crippen LogP contribution < -0.4 is 20.9 Å². The molecule has 4 aromatic heterocycles. The Morgan fingerprint density at radius 1 is 0.731 bits per heavy atom. The average Bonchev–Trinajstić information content (AvgIpc) is 3.70. The Morgan fingerprint density at radius 3 is 1.90 bits per heavy atom. The number of rotatable bonds is 8. The monoisotopic (exact) mass is 805 g/mol. The predicted octanol–water partition coefficient (Wildman–Crippen LogP) is 8.94. The first kappa shape index (κ1) is 37.8. The van der Waals surface area contributed by atoms with Crippen molar-refractivity contribution in [2.75, 3.05) is 30.4 Å². The Kier molecular flexibility index (Phi) is 10.2. The number of aromatic nitrogens is 4. The van der Waals surface area contributed by atoms with Gasteiger partial charge in [-0.05, 0) is 153 Å². The number of halogens is 1. The first-order chi connectivity index (χ1) is 24.4. The van der Waals surface area contributed by atoms with Gasteiger partial charge in [0, 0.05) is 64.6 Å². The standard InChI is InChI=1S/C40H56BrN9S2/c1-36(2)22-26(23-37(3,4)47-36)44-34-42-18-14-28(45-34)30-10-12-32(51-30)40(16-20-49(9)21-17-40)50(27-24-38(5,6)48-39(7,8)25-27)35-43-19-15-29(46-35)31-11-13-33(41)52-31/h10-15,18-19,26-27,47-48H,16-17,20-25H2,1-9H3,(H,42,44,45). The summed E-state index contributed by atoms with van der Waals surface area (Å²) in [5.74, 6) is 1.52. The van der Waals surface area contributed by atoms with Gasteiger partial charge in [-0.25, -0.2) is 19.9 Å². The molecule has 4 aromatic rings. The molecule has 0 aliphatic carbocycles. The van der Waals surface area contributed by atoms with E-state index in [1.54, 1.807) is 11.3 Å². The molecule has 0 atom stereocenters. The minimum atomic E-state index is -0.279. The minimum Gasteiger partial charge on any atom is -0.351 e. The molecule has 0 radical (unpaired) electrons. The molecule has 9 nitrogen and oxygen atoms in total. The summed E-state index contributed by atoms with van der Waals surface area (Å²) >= 11 is 7.26. The topological polar surface area (TPSA) is 94.1 Å². The molecule has 3 fully saturated rings. The van der Waals surface area contributed by atoms with Crippen LogP contribution >= 0.6 is 38.6 Å². The van der Waals surface area contributed by atoms with Crippen LogP contribution in [0, 0.1) is 0 Å². The van der Waals surface area contributed by atoms with E-state index in [-0.39, 0.29) is 33.7 Å². The van der Waals surface area contributed by atoms with Crippen molar-refractivity contribution in [3.8, 4) is 21.1 Å². The van der Waals surface area contributed by atoms with Gasteiger partial charge < -0.3 is 25.8 Å². The maximum atomic E-state index is 5.39. The smallest absolute Gasteiger partial charge is 0.226 e. The van der Waals surface area contributed by atoms with Gasteiger partial charge >= 0.3 is 0 Å². The molecule has 3 aliphatic rings. The van der Waals surface area contributed by atoms with Gasteiger partial charge in [-0.2, -0.15) is 0 Å². The highest BCUT2D eigenvalue weighted by atomic mass is 79.9. The lowest BCUT2D eigenvalue weighted by Crippen LogP contribution is -2.66. The van der Waals surface area contributed by atoms with Crippen molar-refractivity contribution >= 4 is 50.5 Å². The van der Waals surface area contributed by atoms with E-state index in [1.165, 1.54) is 4.88 Å². The van der Waals surface area contributed by atoms with E-state index in [4.69, 9.17) is 15.0 Å². The zero-order chi connectivity index (χ0) is 37.1. The van der Waals surface area contributed by atoms with Crippen LogP contribution in [0.4, 0.5) is 11.9 Å². The number of nitrogens with one attached hydrogen (secondary N) is 3. The summed E-state index contributed by atoms with van der Waals surface area (Å²) in [5.41, 5.74) is 1.64. The summed E-state index contributed by atoms with van der Waals surface area (Å²) < 4.78 is 1.10.